The van der Waals surface area contributed by atoms with Crippen molar-refractivity contribution in [3.05, 3.63) is 110 Å². The third-order valence-corrected chi connectivity index (χ3v) is 6.26. The molecular formula is C25H18BrClN4O. The van der Waals surface area contributed by atoms with E-state index in [0.717, 1.165) is 31.5 Å². The molecule has 2 aromatic heterocycles. The predicted octanol–water partition coefficient (Wildman–Crippen LogP) is 6.01. The monoisotopic (exact) mass is 504 g/mol. The van der Waals surface area contributed by atoms with Crippen molar-refractivity contribution < 1.29 is 0 Å². The Morgan fingerprint density at radius 1 is 1.06 bits per heavy atom. The predicted molar refractivity (Wildman–Crippen MR) is 134 cm³/mol. The minimum Gasteiger partial charge on any atom is -0.342 e. The van der Waals surface area contributed by atoms with Gasteiger partial charge in [-0.2, -0.15) is 9.78 Å². The number of nitrogens with zero attached hydrogens (tertiary/aromatic N) is 4. The molecule has 0 aliphatic heterocycles. The molecule has 2 heterocycles. The lowest BCUT2D eigenvalue weighted by Gasteiger charge is -2.07. The highest BCUT2D eigenvalue weighted by molar-refractivity contribution is 9.10. The fourth-order valence-corrected chi connectivity index (χ4v) is 4.39. The molecule has 158 valence electrons. The molecule has 0 aliphatic carbocycles. The Morgan fingerprint density at radius 2 is 1.84 bits per heavy atom. The van der Waals surface area contributed by atoms with Crippen molar-refractivity contribution in [3.63, 3.8) is 0 Å². The maximum atomic E-state index is 13.0. The maximum Gasteiger partial charge on any atom is 0.282 e. The van der Waals surface area contributed by atoms with Gasteiger partial charge in [-0.25, -0.2) is 4.98 Å². The number of halogens is 2. The first-order valence-corrected chi connectivity index (χ1v) is 11.2. The Balaban J connectivity index is 1.59. The molecule has 32 heavy (non-hydrogen) atoms. The fraction of sp³-hybridized carbons (Fsp3) is 0.0800. The molecule has 0 N–H and O–H groups in total. The summed E-state index contributed by atoms with van der Waals surface area (Å²) in [5, 5.41) is 6.80. The Kier molecular flexibility index (Phi) is 5.41. The van der Waals surface area contributed by atoms with Gasteiger partial charge in [0.25, 0.3) is 5.56 Å². The summed E-state index contributed by atoms with van der Waals surface area (Å²) < 4.78 is 4.31. The van der Waals surface area contributed by atoms with Gasteiger partial charge in [-0.1, -0.05) is 63.9 Å². The van der Waals surface area contributed by atoms with Crippen LogP contribution in [0.5, 0.6) is 0 Å². The fourth-order valence-electron chi connectivity index (χ4n) is 3.83. The highest BCUT2D eigenvalue weighted by Gasteiger charge is 2.11. The zero-order valence-corrected chi connectivity index (χ0v) is 19.5. The smallest absolute Gasteiger partial charge is 0.282 e. The van der Waals surface area contributed by atoms with E-state index >= 15 is 0 Å². The largest absolute Gasteiger partial charge is 0.342 e. The van der Waals surface area contributed by atoms with Crippen LogP contribution in [0.25, 0.3) is 21.8 Å². The average molecular weight is 506 g/mol. The third-order valence-electron chi connectivity index (χ3n) is 5.40. The van der Waals surface area contributed by atoms with E-state index in [0.29, 0.717) is 23.3 Å². The van der Waals surface area contributed by atoms with E-state index in [-0.39, 0.29) is 5.56 Å². The van der Waals surface area contributed by atoms with E-state index in [1.54, 1.807) is 19.2 Å². The van der Waals surface area contributed by atoms with Gasteiger partial charge in [-0.15, -0.1) is 0 Å². The Labute approximate surface area is 197 Å². The number of fused-ring (bicyclic) bond motifs is 2. The van der Waals surface area contributed by atoms with Gasteiger partial charge in [-0.3, -0.25) is 4.79 Å². The maximum absolute atomic E-state index is 13.0. The quantitative estimate of drug-likeness (QED) is 0.281. The van der Waals surface area contributed by atoms with Crippen LogP contribution in [0, 0.1) is 6.92 Å². The Bertz CT molecular complexity index is 1570. The van der Waals surface area contributed by atoms with Crippen molar-refractivity contribution in [1.29, 1.82) is 0 Å². The van der Waals surface area contributed by atoms with Gasteiger partial charge in [0.05, 0.1) is 17.1 Å². The van der Waals surface area contributed by atoms with Crippen LogP contribution >= 0.6 is 27.5 Å². The second kappa shape index (κ2) is 8.37. The van der Waals surface area contributed by atoms with Crippen molar-refractivity contribution in [3.8, 4) is 0 Å². The highest BCUT2D eigenvalue weighted by Crippen LogP contribution is 2.24. The number of aryl methyl sites for hydroxylation is 1. The molecule has 3 aromatic carbocycles. The number of rotatable bonds is 4. The van der Waals surface area contributed by atoms with Crippen molar-refractivity contribution in [1.82, 2.24) is 14.2 Å². The molecule has 5 rings (SSSR count). The van der Waals surface area contributed by atoms with Gasteiger partial charge < -0.3 is 4.57 Å². The summed E-state index contributed by atoms with van der Waals surface area (Å²) in [7, 11) is 0. The van der Waals surface area contributed by atoms with Crippen molar-refractivity contribution in [2.45, 2.75) is 13.5 Å². The molecule has 5 nitrogen and oxygen atoms in total. The standard InChI is InChI=1S/C25H18BrClN4O/c1-16-29-23-11-10-19(26)12-21(23)25(32)31(16)28-13-18-15-30(24-9-5-3-7-20(18)24)14-17-6-2-4-8-22(17)27/h2-13,15H,14H2,1H3. The second-order valence-corrected chi connectivity index (χ2v) is 8.83. The van der Waals surface area contributed by atoms with Gasteiger partial charge in [0.1, 0.15) is 5.82 Å². The van der Waals surface area contributed by atoms with Crippen LogP contribution in [0.3, 0.4) is 0 Å². The van der Waals surface area contributed by atoms with Crippen molar-refractivity contribution in [2.75, 3.05) is 0 Å². The second-order valence-electron chi connectivity index (χ2n) is 7.50. The number of benzene rings is 3. The number of aromatic nitrogens is 3. The summed E-state index contributed by atoms with van der Waals surface area (Å²) in [5.41, 5.74) is 3.46. The summed E-state index contributed by atoms with van der Waals surface area (Å²) >= 11 is 9.80. The lowest BCUT2D eigenvalue weighted by atomic mass is 10.2. The molecule has 0 bridgehead atoms. The first-order chi connectivity index (χ1) is 15.5. The lowest BCUT2D eigenvalue weighted by molar-refractivity contribution is 0.770. The van der Waals surface area contributed by atoms with Gasteiger partial charge in [0.2, 0.25) is 0 Å². The Morgan fingerprint density at radius 3 is 2.69 bits per heavy atom. The van der Waals surface area contributed by atoms with Gasteiger partial charge in [0, 0.05) is 38.7 Å². The van der Waals surface area contributed by atoms with E-state index in [2.05, 4.69) is 36.6 Å². The molecule has 0 spiro atoms. The van der Waals surface area contributed by atoms with Crippen molar-refractivity contribution in [2.24, 2.45) is 5.10 Å². The molecule has 0 atom stereocenters. The number of hydrogen-bond donors (Lipinski definition) is 0. The molecule has 0 radical (unpaired) electrons. The minimum absolute atomic E-state index is 0.204. The zero-order valence-electron chi connectivity index (χ0n) is 17.2. The topological polar surface area (TPSA) is 52.2 Å². The van der Waals surface area contributed by atoms with Crippen LogP contribution in [0.1, 0.15) is 17.0 Å². The molecule has 5 aromatic rings. The summed E-state index contributed by atoms with van der Waals surface area (Å²) in [6.45, 7) is 2.42. The molecule has 0 amide bonds. The van der Waals surface area contributed by atoms with Crippen LogP contribution in [-0.4, -0.2) is 20.4 Å². The third kappa shape index (κ3) is 3.76. The summed E-state index contributed by atoms with van der Waals surface area (Å²) in [6.07, 6.45) is 3.74. The average Bonchev–Trinajstić information content (AvgIpc) is 3.13. The normalized spacial score (nSPS) is 11.7. The van der Waals surface area contributed by atoms with Crippen molar-refractivity contribution >= 4 is 55.6 Å². The van der Waals surface area contributed by atoms with Crippen LogP contribution in [-0.2, 0) is 6.54 Å². The summed E-state index contributed by atoms with van der Waals surface area (Å²) in [6, 6.07) is 21.4. The molecule has 0 fully saturated rings. The van der Waals surface area contributed by atoms with Gasteiger partial charge in [-0.05, 0) is 42.8 Å². The minimum atomic E-state index is -0.204. The van der Waals surface area contributed by atoms with E-state index < -0.39 is 0 Å². The molecular weight excluding hydrogens is 488 g/mol. The summed E-state index contributed by atoms with van der Waals surface area (Å²) in [4.78, 5) is 17.6. The lowest BCUT2D eigenvalue weighted by Crippen LogP contribution is -2.20. The number of para-hydroxylation sites is 1. The van der Waals surface area contributed by atoms with Crippen LogP contribution in [0.2, 0.25) is 5.02 Å². The van der Waals surface area contributed by atoms with Gasteiger partial charge >= 0.3 is 0 Å². The van der Waals surface area contributed by atoms with Crippen LogP contribution in [0.4, 0.5) is 0 Å². The molecule has 0 unspecified atom stereocenters. The first-order valence-electron chi connectivity index (χ1n) is 10.1. The molecule has 0 saturated heterocycles. The highest BCUT2D eigenvalue weighted by atomic mass is 79.9. The number of hydrogen-bond acceptors (Lipinski definition) is 3. The summed E-state index contributed by atoms with van der Waals surface area (Å²) in [5.74, 6) is 0.529. The van der Waals surface area contributed by atoms with E-state index in [1.807, 2.05) is 60.8 Å². The van der Waals surface area contributed by atoms with Crippen LogP contribution < -0.4 is 5.56 Å². The SMILES string of the molecule is Cc1nc2ccc(Br)cc2c(=O)n1N=Cc1cn(Cc2ccccc2Cl)c2ccccc12. The van der Waals surface area contributed by atoms with Gasteiger partial charge in [0.15, 0.2) is 0 Å². The Hall–Kier alpha value is -3.22. The molecule has 7 heteroatoms. The van der Waals surface area contributed by atoms with E-state index in [9.17, 15) is 4.79 Å². The van der Waals surface area contributed by atoms with Crippen LogP contribution in [0.15, 0.2) is 87.3 Å². The van der Waals surface area contributed by atoms with E-state index in [1.165, 1.54) is 4.68 Å². The van der Waals surface area contributed by atoms with E-state index in [4.69, 9.17) is 11.6 Å². The molecule has 0 saturated carbocycles. The first kappa shape index (κ1) is 20.7. The molecule has 0 aliphatic rings. The zero-order chi connectivity index (χ0) is 22.2.